The Labute approximate surface area is 91.5 Å². The molecule has 0 amide bonds. The van der Waals surface area contributed by atoms with Crippen LogP contribution in [0.2, 0.25) is 6.04 Å². The van der Waals surface area contributed by atoms with Crippen LogP contribution in [0, 0.1) is 0 Å². The molecule has 7 heteroatoms. The number of hydrogen-bond acceptors (Lipinski definition) is 6. The van der Waals surface area contributed by atoms with E-state index in [0.717, 1.165) is 6.42 Å². The van der Waals surface area contributed by atoms with Crippen LogP contribution in [0.3, 0.4) is 0 Å². The first-order valence-corrected chi connectivity index (χ1v) is 6.75. The maximum Gasteiger partial charge on any atom is 0.500 e. The average Bonchev–Trinajstić information content (AvgIpc) is 2.24. The van der Waals surface area contributed by atoms with E-state index in [0.29, 0.717) is 12.6 Å². The van der Waals surface area contributed by atoms with Crippen LogP contribution in [0.5, 0.6) is 0 Å². The van der Waals surface area contributed by atoms with Crippen molar-refractivity contribution in [3.8, 4) is 0 Å². The summed E-state index contributed by atoms with van der Waals surface area (Å²) in [5.41, 5.74) is 0. The Balaban J connectivity index is 3.63. The van der Waals surface area contributed by atoms with Gasteiger partial charge in [-0.3, -0.25) is 0 Å². The van der Waals surface area contributed by atoms with E-state index >= 15 is 0 Å². The first-order valence-electron chi connectivity index (χ1n) is 4.82. The van der Waals surface area contributed by atoms with Gasteiger partial charge >= 0.3 is 8.80 Å². The molecule has 0 aromatic carbocycles. The number of nitrogens with one attached hydrogen (secondary N) is 1. The number of hydrogen-bond donors (Lipinski definition) is 3. The summed E-state index contributed by atoms with van der Waals surface area (Å²) in [6, 6.07) is 0.699. The highest BCUT2D eigenvalue weighted by atomic mass is 28.4. The monoisotopic (exact) mass is 239 g/mol. The molecule has 0 aliphatic carbocycles. The molecule has 0 unspecified atom stereocenters. The summed E-state index contributed by atoms with van der Waals surface area (Å²) in [4.78, 5) is 0. The van der Waals surface area contributed by atoms with E-state index in [9.17, 15) is 0 Å². The minimum atomic E-state index is -2.46. The molecule has 3 N–H and O–H groups in total. The molecule has 0 heterocycles. The number of rotatable bonds is 9. The molecule has 0 aliphatic heterocycles. The normalized spacial score (nSPS) is 12.4. The standard InChI is InChI=1S/C8H21NO5Si/c1-12-15(13-2,14-3)6-4-5-9-7-8(10)11/h8-11H,4-7H2,1-3H3. The summed E-state index contributed by atoms with van der Waals surface area (Å²) >= 11 is 0. The summed E-state index contributed by atoms with van der Waals surface area (Å²) in [6.07, 6.45) is -0.506. The van der Waals surface area contributed by atoms with E-state index < -0.39 is 15.1 Å². The lowest BCUT2D eigenvalue weighted by molar-refractivity contribution is -0.0370. The Morgan fingerprint density at radius 1 is 1.13 bits per heavy atom. The van der Waals surface area contributed by atoms with Gasteiger partial charge in [0.25, 0.3) is 0 Å². The Hall–Kier alpha value is -0.0231. The van der Waals surface area contributed by atoms with Crippen LogP contribution in [0.15, 0.2) is 0 Å². The summed E-state index contributed by atoms with van der Waals surface area (Å²) in [7, 11) is 2.26. The lowest BCUT2D eigenvalue weighted by Gasteiger charge is -2.24. The molecular formula is C8H21NO5Si. The van der Waals surface area contributed by atoms with E-state index in [4.69, 9.17) is 23.5 Å². The molecule has 0 spiro atoms. The molecule has 0 saturated carbocycles. The number of aliphatic hydroxyl groups is 2. The van der Waals surface area contributed by atoms with Crippen LogP contribution in [-0.2, 0) is 13.3 Å². The summed E-state index contributed by atoms with van der Waals surface area (Å²) in [5, 5.41) is 20.0. The summed E-state index contributed by atoms with van der Waals surface area (Å²) in [5.74, 6) is 0. The molecule has 0 rings (SSSR count). The Morgan fingerprint density at radius 3 is 2.07 bits per heavy atom. The predicted molar refractivity (Wildman–Crippen MR) is 57.3 cm³/mol. The third-order valence-electron chi connectivity index (χ3n) is 2.10. The van der Waals surface area contributed by atoms with Crippen molar-refractivity contribution in [2.45, 2.75) is 18.8 Å². The van der Waals surface area contributed by atoms with Gasteiger partial charge in [-0.15, -0.1) is 0 Å². The topological polar surface area (TPSA) is 80.2 Å². The van der Waals surface area contributed by atoms with Crippen LogP contribution in [0.25, 0.3) is 0 Å². The van der Waals surface area contributed by atoms with E-state index in [1.807, 2.05) is 0 Å². The SMILES string of the molecule is CO[Si](CCCNCC(O)O)(OC)OC. The largest absolute Gasteiger partial charge is 0.500 e. The molecule has 0 radical (unpaired) electrons. The van der Waals surface area contributed by atoms with E-state index in [1.165, 1.54) is 0 Å². The Morgan fingerprint density at radius 2 is 1.67 bits per heavy atom. The zero-order valence-electron chi connectivity index (χ0n) is 9.52. The second kappa shape index (κ2) is 8.17. The van der Waals surface area contributed by atoms with Gasteiger partial charge in [0.15, 0.2) is 6.29 Å². The van der Waals surface area contributed by atoms with Gasteiger partial charge in [-0.05, 0) is 13.0 Å². The van der Waals surface area contributed by atoms with Gasteiger partial charge < -0.3 is 28.8 Å². The highest BCUT2D eigenvalue weighted by Gasteiger charge is 2.36. The van der Waals surface area contributed by atoms with Crippen molar-refractivity contribution >= 4 is 8.80 Å². The van der Waals surface area contributed by atoms with Crippen molar-refractivity contribution < 1.29 is 23.5 Å². The third kappa shape index (κ3) is 6.20. The molecule has 0 saturated heterocycles. The molecule has 0 aromatic heterocycles. The van der Waals surface area contributed by atoms with Crippen molar-refractivity contribution in [2.24, 2.45) is 0 Å². The number of aliphatic hydroxyl groups excluding tert-OH is 1. The molecule has 0 aromatic rings. The quantitative estimate of drug-likeness (QED) is 0.276. The fourth-order valence-corrected chi connectivity index (χ4v) is 2.94. The molecule has 92 valence electrons. The minimum absolute atomic E-state index is 0.168. The van der Waals surface area contributed by atoms with Gasteiger partial charge in [0.2, 0.25) is 0 Å². The second-order valence-corrected chi connectivity index (χ2v) is 6.17. The van der Waals surface area contributed by atoms with Crippen LogP contribution < -0.4 is 5.32 Å². The van der Waals surface area contributed by atoms with Gasteiger partial charge in [0, 0.05) is 33.9 Å². The van der Waals surface area contributed by atoms with Crippen LogP contribution in [-0.4, -0.2) is 59.7 Å². The van der Waals surface area contributed by atoms with Crippen molar-refractivity contribution in [1.82, 2.24) is 5.32 Å². The fraction of sp³-hybridized carbons (Fsp3) is 1.00. The van der Waals surface area contributed by atoms with E-state index in [2.05, 4.69) is 5.32 Å². The van der Waals surface area contributed by atoms with E-state index in [1.54, 1.807) is 21.3 Å². The van der Waals surface area contributed by atoms with Crippen LogP contribution in [0.4, 0.5) is 0 Å². The maximum absolute atomic E-state index is 8.58. The fourth-order valence-electron chi connectivity index (χ4n) is 1.22. The zero-order chi connectivity index (χ0) is 11.7. The average molecular weight is 239 g/mol. The van der Waals surface area contributed by atoms with Gasteiger partial charge in [-0.1, -0.05) is 0 Å². The lowest BCUT2D eigenvalue weighted by atomic mass is 10.4. The Kier molecular flexibility index (Phi) is 8.15. The maximum atomic E-state index is 8.58. The first-order chi connectivity index (χ1) is 7.10. The molecule has 0 atom stereocenters. The zero-order valence-corrected chi connectivity index (χ0v) is 10.5. The van der Waals surface area contributed by atoms with Crippen molar-refractivity contribution in [3.05, 3.63) is 0 Å². The summed E-state index contributed by atoms with van der Waals surface area (Å²) in [6.45, 7) is 0.837. The highest BCUT2D eigenvalue weighted by Crippen LogP contribution is 2.14. The van der Waals surface area contributed by atoms with E-state index in [-0.39, 0.29) is 6.54 Å². The molecule has 0 bridgehead atoms. The highest BCUT2D eigenvalue weighted by molar-refractivity contribution is 6.60. The third-order valence-corrected chi connectivity index (χ3v) is 4.93. The van der Waals surface area contributed by atoms with Crippen LogP contribution in [0.1, 0.15) is 6.42 Å². The lowest BCUT2D eigenvalue weighted by Crippen LogP contribution is -2.43. The van der Waals surface area contributed by atoms with Crippen LogP contribution >= 0.6 is 0 Å². The van der Waals surface area contributed by atoms with Gasteiger partial charge in [0.1, 0.15) is 0 Å². The summed E-state index contributed by atoms with van der Waals surface area (Å²) < 4.78 is 15.7. The second-order valence-electron chi connectivity index (χ2n) is 3.08. The van der Waals surface area contributed by atoms with Gasteiger partial charge in [0.05, 0.1) is 0 Å². The molecular weight excluding hydrogens is 218 g/mol. The predicted octanol–water partition coefficient (Wildman–Crippen LogP) is -0.845. The first kappa shape index (κ1) is 15.0. The molecule has 0 fully saturated rings. The van der Waals surface area contributed by atoms with Gasteiger partial charge in [-0.2, -0.15) is 0 Å². The van der Waals surface area contributed by atoms with Gasteiger partial charge in [-0.25, -0.2) is 0 Å². The Bertz CT molecular complexity index is 146. The molecule has 0 aliphatic rings. The smallest absolute Gasteiger partial charge is 0.377 e. The molecule has 6 nitrogen and oxygen atoms in total. The molecule has 15 heavy (non-hydrogen) atoms. The minimum Gasteiger partial charge on any atom is -0.377 e. The van der Waals surface area contributed by atoms with Crippen molar-refractivity contribution in [1.29, 1.82) is 0 Å². The van der Waals surface area contributed by atoms with Crippen molar-refractivity contribution in [3.63, 3.8) is 0 Å². The van der Waals surface area contributed by atoms with Crippen molar-refractivity contribution in [2.75, 3.05) is 34.4 Å².